The summed E-state index contributed by atoms with van der Waals surface area (Å²) in [5.74, 6) is -0.641. The van der Waals surface area contributed by atoms with Crippen LogP contribution in [-0.2, 0) is 65.4 Å². The molecule has 0 heterocycles. The van der Waals surface area contributed by atoms with Crippen molar-refractivity contribution in [2.45, 2.75) is 374 Å². The van der Waals surface area contributed by atoms with Gasteiger partial charge in [-0.3, -0.25) is 37.3 Å². The molecule has 0 aromatic carbocycles. The fraction of sp³-hybridized carbons (Fsp3) is 0.943. The average molecular weight is 1310 g/mol. The van der Waals surface area contributed by atoms with Crippen LogP contribution in [0, 0.1) is 11.8 Å². The van der Waals surface area contributed by atoms with Gasteiger partial charge in [0.2, 0.25) is 0 Å². The zero-order valence-electron chi connectivity index (χ0n) is 57.7. The second-order valence-electron chi connectivity index (χ2n) is 26.0. The minimum Gasteiger partial charge on any atom is -0.462 e. The van der Waals surface area contributed by atoms with Crippen molar-refractivity contribution in [2.75, 3.05) is 39.6 Å². The molecule has 6 atom stereocenters. The molecule has 0 saturated carbocycles. The fourth-order valence-corrected chi connectivity index (χ4v) is 12.1. The number of esters is 4. The number of hydrogen-bond donors (Lipinski definition) is 3. The lowest BCUT2D eigenvalue weighted by Crippen LogP contribution is -2.30. The summed E-state index contributed by atoms with van der Waals surface area (Å²) in [6.45, 7) is 9.49. The molecule has 0 radical (unpaired) electrons. The number of unbranched alkanes of at least 4 members (excludes halogenated alkanes) is 38. The number of aliphatic hydroxyl groups is 1. The van der Waals surface area contributed by atoms with Gasteiger partial charge in [-0.05, 0) is 37.5 Å². The molecule has 0 rings (SSSR count). The Morgan fingerprint density at radius 2 is 0.573 bits per heavy atom. The summed E-state index contributed by atoms with van der Waals surface area (Å²) in [4.78, 5) is 72.5. The average Bonchev–Trinajstić information content (AvgIpc) is 3.72. The predicted molar refractivity (Wildman–Crippen MR) is 358 cm³/mol. The lowest BCUT2D eigenvalue weighted by molar-refractivity contribution is -0.161. The Labute approximate surface area is 543 Å². The van der Waals surface area contributed by atoms with Gasteiger partial charge < -0.3 is 33.8 Å². The molecule has 0 aliphatic carbocycles. The molecule has 0 bridgehead atoms. The van der Waals surface area contributed by atoms with Gasteiger partial charge in [-0.1, -0.05) is 305 Å². The van der Waals surface area contributed by atoms with Crippen molar-refractivity contribution >= 4 is 39.5 Å². The molecule has 3 unspecified atom stereocenters. The fourth-order valence-electron chi connectivity index (χ4n) is 10.6. The minimum absolute atomic E-state index is 0.106. The van der Waals surface area contributed by atoms with E-state index in [4.69, 9.17) is 37.0 Å². The van der Waals surface area contributed by atoms with Crippen LogP contribution in [0.15, 0.2) is 0 Å². The molecular weight excluding hydrogens is 1170 g/mol. The summed E-state index contributed by atoms with van der Waals surface area (Å²) >= 11 is 0. The molecule has 0 aliphatic heterocycles. The van der Waals surface area contributed by atoms with Crippen LogP contribution in [-0.4, -0.2) is 96.7 Å². The third-order valence-corrected chi connectivity index (χ3v) is 18.5. The van der Waals surface area contributed by atoms with E-state index < -0.39 is 97.5 Å². The highest BCUT2D eigenvalue weighted by Gasteiger charge is 2.30. The predicted octanol–water partition coefficient (Wildman–Crippen LogP) is 20.0. The van der Waals surface area contributed by atoms with E-state index >= 15 is 0 Å². The van der Waals surface area contributed by atoms with E-state index in [9.17, 15) is 43.2 Å². The van der Waals surface area contributed by atoms with Crippen molar-refractivity contribution in [2.24, 2.45) is 11.8 Å². The van der Waals surface area contributed by atoms with Gasteiger partial charge in [-0.15, -0.1) is 0 Å². The van der Waals surface area contributed by atoms with E-state index in [0.29, 0.717) is 31.6 Å². The Morgan fingerprint density at radius 3 is 0.854 bits per heavy atom. The number of aliphatic hydroxyl groups excluding tert-OH is 1. The van der Waals surface area contributed by atoms with Gasteiger partial charge in [-0.2, -0.15) is 0 Å². The molecule has 19 heteroatoms. The Hall–Kier alpha value is -1.94. The largest absolute Gasteiger partial charge is 0.472 e. The first-order chi connectivity index (χ1) is 42.9. The van der Waals surface area contributed by atoms with Crippen LogP contribution < -0.4 is 0 Å². The highest BCUT2D eigenvalue weighted by molar-refractivity contribution is 7.47. The zero-order chi connectivity index (χ0) is 65.7. The van der Waals surface area contributed by atoms with Gasteiger partial charge in [0.05, 0.1) is 26.4 Å². The van der Waals surface area contributed by atoms with Crippen molar-refractivity contribution in [1.29, 1.82) is 0 Å². The summed E-state index contributed by atoms with van der Waals surface area (Å²) in [6.07, 6.45) is 47.1. The van der Waals surface area contributed by atoms with Crippen LogP contribution in [0.1, 0.15) is 356 Å². The number of hydrogen-bond acceptors (Lipinski definition) is 15. The first-order valence-electron chi connectivity index (χ1n) is 36.5. The number of carbonyl (C=O) groups excluding carboxylic acids is 4. The van der Waals surface area contributed by atoms with Crippen LogP contribution in [0.5, 0.6) is 0 Å². The summed E-state index contributed by atoms with van der Waals surface area (Å²) in [5.41, 5.74) is 0. The summed E-state index contributed by atoms with van der Waals surface area (Å²) in [5, 5.41) is 10.6. The molecule has 0 aromatic rings. The van der Waals surface area contributed by atoms with Crippen molar-refractivity contribution in [1.82, 2.24) is 0 Å². The quantitative estimate of drug-likeness (QED) is 0.0222. The lowest BCUT2D eigenvalue weighted by atomic mass is 9.99. The highest BCUT2D eigenvalue weighted by atomic mass is 31.2. The SMILES string of the molecule is CCCCCCCCCCCCCCCCCCC(=O)O[C@H](COC(=O)CCCCCCCCCCC(C)CC)COP(=O)(O)OC[C@@H](O)COP(=O)(O)OC[C@@H](COC(=O)CCCCCCCCCC(C)C)OC(=O)CCCCCCCCCCCCC. The Balaban J connectivity index is 5.24. The van der Waals surface area contributed by atoms with E-state index in [1.54, 1.807) is 0 Å². The van der Waals surface area contributed by atoms with Gasteiger partial charge in [-0.25, -0.2) is 9.13 Å². The van der Waals surface area contributed by atoms with E-state index in [-0.39, 0.29) is 25.7 Å². The van der Waals surface area contributed by atoms with E-state index in [0.717, 1.165) is 102 Å². The molecule has 17 nitrogen and oxygen atoms in total. The third kappa shape index (κ3) is 63.2. The maximum absolute atomic E-state index is 13.0. The van der Waals surface area contributed by atoms with Crippen LogP contribution in [0.3, 0.4) is 0 Å². The molecule has 3 N–H and O–H groups in total. The third-order valence-electron chi connectivity index (χ3n) is 16.6. The summed E-state index contributed by atoms with van der Waals surface area (Å²) in [6, 6.07) is 0. The number of rotatable bonds is 69. The summed E-state index contributed by atoms with van der Waals surface area (Å²) < 4.78 is 68.3. The van der Waals surface area contributed by atoms with E-state index in [1.165, 1.54) is 167 Å². The summed E-state index contributed by atoms with van der Waals surface area (Å²) in [7, 11) is -9.90. The van der Waals surface area contributed by atoms with Crippen LogP contribution in [0.25, 0.3) is 0 Å². The van der Waals surface area contributed by atoms with Crippen LogP contribution in [0.2, 0.25) is 0 Å². The molecule has 0 spiro atoms. The first kappa shape index (κ1) is 87.1. The highest BCUT2D eigenvalue weighted by Crippen LogP contribution is 2.45. The van der Waals surface area contributed by atoms with Crippen LogP contribution in [0.4, 0.5) is 0 Å². The van der Waals surface area contributed by atoms with Gasteiger partial charge in [0.25, 0.3) is 0 Å². The molecule has 0 saturated heterocycles. The number of phosphoric acid groups is 2. The van der Waals surface area contributed by atoms with Crippen molar-refractivity contribution < 1.29 is 80.2 Å². The Kier molecular flexibility index (Phi) is 60.8. The monoisotopic (exact) mass is 1310 g/mol. The maximum atomic E-state index is 13.0. The standard InChI is InChI=1S/C70H136O17P2/c1-7-10-12-14-16-18-20-21-22-23-24-26-28-36-43-49-55-70(75)86-65(58-80-67(72)52-46-40-34-30-29-33-39-45-51-63(6)9-3)60-84-88(76,77)82-56-64(71)57-83-89(78,79)85-61-66(59-81-68(73)53-47-41-37-31-32-38-44-50-62(4)5)87-69(74)54-48-42-35-27-25-19-17-15-13-11-8-2/h62-66,71H,7-61H2,1-6H3,(H,76,77)(H,78,79)/t63?,64-,65-,66-/m1/s1. The van der Waals surface area contributed by atoms with Crippen molar-refractivity contribution in [3.63, 3.8) is 0 Å². The molecule has 0 aromatic heterocycles. The molecule has 0 aliphatic rings. The van der Waals surface area contributed by atoms with Crippen molar-refractivity contribution in [3.05, 3.63) is 0 Å². The molecular formula is C70H136O17P2. The second kappa shape index (κ2) is 62.2. The molecule has 528 valence electrons. The molecule has 89 heavy (non-hydrogen) atoms. The van der Waals surface area contributed by atoms with Crippen molar-refractivity contribution in [3.8, 4) is 0 Å². The maximum Gasteiger partial charge on any atom is 0.472 e. The smallest absolute Gasteiger partial charge is 0.462 e. The van der Waals surface area contributed by atoms with E-state index in [2.05, 4.69) is 41.5 Å². The van der Waals surface area contributed by atoms with Gasteiger partial charge >= 0.3 is 39.5 Å². The lowest BCUT2D eigenvalue weighted by Gasteiger charge is -2.21. The topological polar surface area (TPSA) is 237 Å². The van der Waals surface area contributed by atoms with Gasteiger partial charge in [0.1, 0.15) is 19.3 Å². The Bertz CT molecular complexity index is 1740. The second-order valence-corrected chi connectivity index (χ2v) is 28.9. The molecule has 0 fully saturated rings. The van der Waals surface area contributed by atoms with E-state index in [1.807, 2.05) is 0 Å². The van der Waals surface area contributed by atoms with Gasteiger partial charge in [0, 0.05) is 25.7 Å². The minimum atomic E-state index is -4.95. The normalized spacial score (nSPS) is 14.4. The number of carbonyl (C=O) groups is 4. The van der Waals surface area contributed by atoms with Gasteiger partial charge in [0.15, 0.2) is 12.2 Å². The number of phosphoric ester groups is 2. The first-order valence-corrected chi connectivity index (χ1v) is 39.5. The molecule has 0 amide bonds. The Morgan fingerprint density at radius 1 is 0.326 bits per heavy atom. The zero-order valence-corrected chi connectivity index (χ0v) is 59.5. The van der Waals surface area contributed by atoms with Crippen LogP contribution >= 0.6 is 15.6 Å². The number of ether oxygens (including phenoxy) is 4.